The van der Waals surface area contributed by atoms with E-state index in [0.717, 1.165) is 36.2 Å². The lowest BCUT2D eigenvalue weighted by molar-refractivity contribution is 0.153. The molecule has 1 aliphatic rings. The lowest BCUT2D eigenvalue weighted by Crippen LogP contribution is -2.34. The highest BCUT2D eigenvalue weighted by molar-refractivity contribution is 9.10. The van der Waals surface area contributed by atoms with Crippen molar-refractivity contribution in [2.24, 2.45) is 18.2 Å². The molecule has 1 saturated heterocycles. The molecule has 90 valence electrons. The molecule has 0 radical (unpaired) electrons. The molecule has 0 spiro atoms. The number of nitrogens with zero attached hydrogens (tertiary/aromatic N) is 2. The molecule has 0 bridgehead atoms. The van der Waals surface area contributed by atoms with Crippen LogP contribution in [0.15, 0.2) is 4.47 Å². The van der Waals surface area contributed by atoms with Gasteiger partial charge in [0.25, 0.3) is 0 Å². The molecule has 5 heteroatoms. The molecule has 0 aromatic carbocycles. The lowest BCUT2D eigenvalue weighted by Gasteiger charge is -2.25. The summed E-state index contributed by atoms with van der Waals surface area (Å²) < 4.78 is 8.53. The van der Waals surface area contributed by atoms with E-state index in [2.05, 4.69) is 21.0 Å². The first-order valence-corrected chi connectivity index (χ1v) is 6.33. The van der Waals surface area contributed by atoms with Crippen LogP contribution in [0.1, 0.15) is 17.8 Å². The molecular weight excluding hydrogens is 270 g/mol. The maximum Gasteiger partial charge on any atom is 0.0738 e. The topological polar surface area (TPSA) is 53.1 Å². The van der Waals surface area contributed by atoms with Crippen LogP contribution >= 0.6 is 15.9 Å². The number of aromatic nitrogens is 2. The van der Waals surface area contributed by atoms with Gasteiger partial charge in [-0.2, -0.15) is 5.10 Å². The first-order chi connectivity index (χ1) is 7.58. The molecule has 1 unspecified atom stereocenters. The van der Waals surface area contributed by atoms with E-state index in [1.54, 1.807) is 0 Å². The number of aryl methyl sites for hydroxylation is 2. The van der Waals surface area contributed by atoms with E-state index in [-0.39, 0.29) is 5.41 Å². The maximum atomic E-state index is 5.90. The minimum Gasteiger partial charge on any atom is -0.381 e. The number of nitrogens with two attached hydrogens (primary N) is 1. The van der Waals surface area contributed by atoms with Gasteiger partial charge in [0.1, 0.15) is 0 Å². The van der Waals surface area contributed by atoms with E-state index in [1.807, 2.05) is 18.7 Å². The third kappa shape index (κ3) is 2.04. The number of ether oxygens (including phenoxy) is 1. The smallest absolute Gasteiger partial charge is 0.0738 e. The first-order valence-electron chi connectivity index (χ1n) is 5.54. The van der Waals surface area contributed by atoms with E-state index < -0.39 is 0 Å². The van der Waals surface area contributed by atoms with Crippen LogP contribution < -0.4 is 5.73 Å². The Morgan fingerprint density at radius 3 is 2.81 bits per heavy atom. The van der Waals surface area contributed by atoms with Crippen LogP contribution in [0.2, 0.25) is 0 Å². The van der Waals surface area contributed by atoms with Crippen molar-refractivity contribution in [2.75, 3.05) is 19.8 Å². The summed E-state index contributed by atoms with van der Waals surface area (Å²) in [6.07, 6.45) is 1.97. The highest BCUT2D eigenvalue weighted by Gasteiger charge is 2.35. The normalized spacial score (nSPS) is 25.2. The van der Waals surface area contributed by atoms with Crippen molar-refractivity contribution in [3.05, 3.63) is 15.9 Å². The fourth-order valence-corrected chi connectivity index (χ4v) is 2.73. The molecule has 1 fully saturated rings. The number of hydrogen-bond acceptors (Lipinski definition) is 3. The van der Waals surface area contributed by atoms with E-state index in [9.17, 15) is 0 Å². The van der Waals surface area contributed by atoms with Crippen molar-refractivity contribution in [3.63, 3.8) is 0 Å². The Morgan fingerprint density at radius 2 is 2.38 bits per heavy atom. The Labute approximate surface area is 104 Å². The van der Waals surface area contributed by atoms with Crippen molar-refractivity contribution < 1.29 is 4.74 Å². The summed E-state index contributed by atoms with van der Waals surface area (Å²) in [7, 11) is 1.98. The van der Waals surface area contributed by atoms with Crippen molar-refractivity contribution >= 4 is 15.9 Å². The molecule has 0 saturated carbocycles. The van der Waals surface area contributed by atoms with Gasteiger partial charge in [-0.25, -0.2) is 0 Å². The van der Waals surface area contributed by atoms with Gasteiger partial charge in [0.05, 0.1) is 22.5 Å². The second kappa shape index (κ2) is 4.47. The van der Waals surface area contributed by atoms with E-state index in [4.69, 9.17) is 10.5 Å². The molecule has 1 aromatic rings. The summed E-state index contributed by atoms with van der Waals surface area (Å²) in [5.41, 5.74) is 8.25. The maximum absolute atomic E-state index is 5.90. The van der Waals surface area contributed by atoms with Crippen LogP contribution in [-0.2, 0) is 18.2 Å². The second-order valence-corrected chi connectivity index (χ2v) is 5.45. The molecule has 16 heavy (non-hydrogen) atoms. The SMILES string of the molecule is Cc1nn(C)c(CC2(CN)CCOC2)c1Br. The Kier molecular flexibility index (Phi) is 3.37. The molecule has 2 heterocycles. The molecule has 1 atom stereocenters. The first kappa shape index (κ1) is 12.1. The van der Waals surface area contributed by atoms with Gasteiger partial charge in [-0.3, -0.25) is 4.68 Å². The number of hydrogen-bond donors (Lipinski definition) is 1. The van der Waals surface area contributed by atoms with Gasteiger partial charge >= 0.3 is 0 Å². The monoisotopic (exact) mass is 287 g/mol. The highest BCUT2D eigenvalue weighted by Crippen LogP contribution is 2.34. The van der Waals surface area contributed by atoms with Gasteiger partial charge in [0, 0.05) is 25.6 Å². The lowest BCUT2D eigenvalue weighted by atomic mass is 9.82. The fourth-order valence-electron chi connectivity index (χ4n) is 2.25. The van der Waals surface area contributed by atoms with Crippen LogP contribution in [0, 0.1) is 12.3 Å². The van der Waals surface area contributed by atoms with Gasteiger partial charge in [0.2, 0.25) is 0 Å². The van der Waals surface area contributed by atoms with Crippen molar-refractivity contribution in [1.29, 1.82) is 0 Å². The van der Waals surface area contributed by atoms with Crippen molar-refractivity contribution in [1.82, 2.24) is 9.78 Å². The zero-order valence-corrected chi connectivity index (χ0v) is 11.4. The zero-order chi connectivity index (χ0) is 11.8. The summed E-state index contributed by atoms with van der Waals surface area (Å²) in [4.78, 5) is 0. The predicted molar refractivity (Wildman–Crippen MR) is 66.3 cm³/mol. The van der Waals surface area contributed by atoms with Crippen molar-refractivity contribution in [2.45, 2.75) is 19.8 Å². The van der Waals surface area contributed by atoms with Gasteiger partial charge in [-0.05, 0) is 35.7 Å². The molecule has 0 aliphatic carbocycles. The van der Waals surface area contributed by atoms with Gasteiger partial charge in [0.15, 0.2) is 0 Å². The van der Waals surface area contributed by atoms with Crippen LogP contribution in [0.3, 0.4) is 0 Å². The Balaban J connectivity index is 2.25. The Bertz CT molecular complexity index is 383. The van der Waals surface area contributed by atoms with Crippen LogP contribution in [-0.4, -0.2) is 29.5 Å². The Hall–Kier alpha value is -0.390. The number of halogens is 1. The minimum absolute atomic E-state index is 0.1000. The van der Waals surface area contributed by atoms with E-state index in [0.29, 0.717) is 6.54 Å². The number of rotatable bonds is 3. The molecule has 1 aromatic heterocycles. The molecule has 2 N–H and O–H groups in total. The van der Waals surface area contributed by atoms with Crippen LogP contribution in [0.25, 0.3) is 0 Å². The van der Waals surface area contributed by atoms with E-state index >= 15 is 0 Å². The molecule has 4 nitrogen and oxygen atoms in total. The largest absolute Gasteiger partial charge is 0.381 e. The fraction of sp³-hybridized carbons (Fsp3) is 0.727. The minimum atomic E-state index is 0.1000. The van der Waals surface area contributed by atoms with Crippen molar-refractivity contribution in [3.8, 4) is 0 Å². The summed E-state index contributed by atoms with van der Waals surface area (Å²) in [5, 5.41) is 4.41. The predicted octanol–water partition coefficient (Wildman–Crippen LogP) is 1.40. The summed E-state index contributed by atoms with van der Waals surface area (Å²) in [5.74, 6) is 0. The van der Waals surface area contributed by atoms with Crippen LogP contribution in [0.5, 0.6) is 0 Å². The molecule has 1 aliphatic heterocycles. The average Bonchev–Trinajstić information content (AvgIpc) is 2.81. The van der Waals surface area contributed by atoms with Gasteiger partial charge < -0.3 is 10.5 Å². The van der Waals surface area contributed by atoms with Gasteiger partial charge in [-0.1, -0.05) is 0 Å². The molecular formula is C11H18BrN3O. The summed E-state index contributed by atoms with van der Waals surface area (Å²) in [6.45, 7) is 4.27. The summed E-state index contributed by atoms with van der Waals surface area (Å²) >= 11 is 3.60. The Morgan fingerprint density at radius 1 is 1.62 bits per heavy atom. The standard InChI is InChI=1S/C11H18BrN3O/c1-8-10(12)9(15(2)14-8)5-11(6-13)3-4-16-7-11/h3-7,13H2,1-2H3. The zero-order valence-electron chi connectivity index (χ0n) is 9.79. The third-order valence-corrected chi connectivity index (χ3v) is 4.45. The summed E-state index contributed by atoms with van der Waals surface area (Å²) in [6, 6.07) is 0. The second-order valence-electron chi connectivity index (χ2n) is 4.65. The quantitative estimate of drug-likeness (QED) is 0.914. The highest BCUT2D eigenvalue weighted by atomic mass is 79.9. The van der Waals surface area contributed by atoms with Gasteiger partial charge in [-0.15, -0.1) is 0 Å². The molecule has 2 rings (SSSR count). The van der Waals surface area contributed by atoms with Crippen LogP contribution in [0.4, 0.5) is 0 Å². The average molecular weight is 288 g/mol. The van der Waals surface area contributed by atoms with E-state index in [1.165, 1.54) is 5.69 Å². The third-order valence-electron chi connectivity index (χ3n) is 3.42. The molecule has 0 amide bonds.